The summed E-state index contributed by atoms with van der Waals surface area (Å²) in [5.74, 6) is -0.685. The van der Waals surface area contributed by atoms with Crippen LogP contribution in [-0.2, 0) is 20.7 Å². The average Bonchev–Trinajstić information content (AvgIpc) is 3.41. The van der Waals surface area contributed by atoms with Crippen LogP contribution >= 0.6 is 0 Å². The van der Waals surface area contributed by atoms with E-state index >= 15 is 0 Å². The summed E-state index contributed by atoms with van der Waals surface area (Å²) in [6.07, 6.45) is 2.93. The van der Waals surface area contributed by atoms with Gasteiger partial charge in [-0.3, -0.25) is 14.2 Å². The predicted molar refractivity (Wildman–Crippen MR) is 126 cm³/mol. The topological polar surface area (TPSA) is 110 Å². The monoisotopic (exact) mass is 461 g/mol. The fourth-order valence-electron chi connectivity index (χ4n) is 3.93. The van der Waals surface area contributed by atoms with Gasteiger partial charge >= 0.3 is 6.03 Å². The Morgan fingerprint density at radius 3 is 2.59 bits per heavy atom. The van der Waals surface area contributed by atoms with Gasteiger partial charge in [-0.25, -0.2) is 4.79 Å². The Balaban J connectivity index is 1.55. The molecule has 1 aromatic heterocycles. The third-order valence-electron chi connectivity index (χ3n) is 6.24. The number of Topliss-reactive ketones (excluding diaryl/α,β-unsaturated/α-hetero) is 1. The van der Waals surface area contributed by atoms with Crippen LogP contribution in [0, 0.1) is 0 Å². The molecule has 4 rings (SSSR count). The van der Waals surface area contributed by atoms with Gasteiger partial charge in [0.05, 0.1) is 6.10 Å². The maximum atomic E-state index is 13.3. The van der Waals surface area contributed by atoms with Crippen LogP contribution in [0.2, 0.25) is 0 Å². The van der Waals surface area contributed by atoms with Crippen molar-refractivity contribution in [2.45, 2.75) is 38.0 Å². The molecular weight excluding hydrogens is 434 g/mol. The zero-order valence-corrected chi connectivity index (χ0v) is 19.0. The van der Waals surface area contributed by atoms with E-state index in [1.54, 1.807) is 38.4 Å². The predicted octanol–water partition coefficient (Wildman–Crippen LogP) is 2.89. The number of hydrogen-bond acceptors (Lipinski definition) is 5. The van der Waals surface area contributed by atoms with Crippen molar-refractivity contribution in [2.75, 3.05) is 6.61 Å². The maximum absolute atomic E-state index is 13.3. The highest BCUT2D eigenvalue weighted by Crippen LogP contribution is 2.23. The van der Waals surface area contributed by atoms with Crippen LogP contribution in [-0.4, -0.2) is 51.7 Å². The molecule has 2 amide bonds. The van der Waals surface area contributed by atoms with Gasteiger partial charge in [0.1, 0.15) is 23.9 Å². The van der Waals surface area contributed by atoms with E-state index in [0.29, 0.717) is 5.56 Å². The molecule has 1 fully saturated rings. The van der Waals surface area contributed by atoms with Gasteiger partial charge in [-0.1, -0.05) is 42.5 Å². The van der Waals surface area contributed by atoms with Crippen LogP contribution in [0.1, 0.15) is 19.4 Å². The number of benzene rings is 2. The molecule has 0 spiro atoms. The Labute approximate surface area is 197 Å². The lowest BCUT2D eigenvalue weighted by molar-refractivity contribution is -0.130. The van der Waals surface area contributed by atoms with Gasteiger partial charge in [0.2, 0.25) is 5.91 Å². The number of phenolic OH excluding ortho intramolecular Hbond substituents is 1. The number of rotatable bonds is 6. The number of aromatic hydroxyl groups is 1. The third kappa shape index (κ3) is 4.87. The molecule has 0 radical (unpaired) electrons. The number of ether oxygens (including phenoxy) is 1. The Hall–Kier alpha value is -3.91. The number of amides is 2. The van der Waals surface area contributed by atoms with E-state index in [4.69, 9.17) is 4.74 Å². The fourth-order valence-corrected chi connectivity index (χ4v) is 3.93. The molecule has 3 atom stereocenters. The summed E-state index contributed by atoms with van der Waals surface area (Å²) in [5.41, 5.74) is 1.29. The molecule has 3 aromatic rings. The number of nitrogens with zero attached hydrogens (tertiary/aromatic N) is 1. The van der Waals surface area contributed by atoms with Gasteiger partial charge in [0.15, 0.2) is 5.78 Å². The van der Waals surface area contributed by atoms with Gasteiger partial charge in [-0.15, -0.1) is 0 Å². The lowest BCUT2D eigenvalue weighted by Crippen LogP contribution is -2.60. The van der Waals surface area contributed by atoms with Crippen molar-refractivity contribution in [1.29, 1.82) is 0 Å². The van der Waals surface area contributed by atoms with Crippen molar-refractivity contribution in [2.24, 2.45) is 0 Å². The van der Waals surface area contributed by atoms with Crippen LogP contribution in [0.4, 0.5) is 4.79 Å². The lowest BCUT2D eigenvalue weighted by Gasteiger charge is -2.29. The second-order valence-corrected chi connectivity index (χ2v) is 8.62. The van der Waals surface area contributed by atoms with Crippen molar-refractivity contribution < 1.29 is 24.2 Å². The van der Waals surface area contributed by atoms with E-state index in [9.17, 15) is 19.5 Å². The molecule has 1 aliphatic heterocycles. The minimum Gasteiger partial charge on any atom is -0.508 e. The lowest BCUT2D eigenvalue weighted by atomic mass is 9.92. The third-order valence-corrected chi connectivity index (χ3v) is 6.24. The minimum absolute atomic E-state index is 0.0563. The molecule has 8 nitrogen and oxygen atoms in total. The van der Waals surface area contributed by atoms with E-state index in [1.165, 1.54) is 16.7 Å². The van der Waals surface area contributed by atoms with Crippen molar-refractivity contribution in [3.05, 3.63) is 78.6 Å². The number of phenols is 1. The van der Waals surface area contributed by atoms with Gasteiger partial charge < -0.3 is 20.5 Å². The molecule has 1 aliphatic rings. The van der Waals surface area contributed by atoms with Crippen LogP contribution in [0.15, 0.2) is 73.1 Å². The summed E-state index contributed by atoms with van der Waals surface area (Å²) in [4.78, 5) is 38.7. The Morgan fingerprint density at radius 2 is 1.91 bits per heavy atom. The number of carbonyl (C=O) groups excluding carboxylic acids is 3. The van der Waals surface area contributed by atoms with Gasteiger partial charge in [0.25, 0.3) is 0 Å². The smallest absolute Gasteiger partial charge is 0.326 e. The van der Waals surface area contributed by atoms with Gasteiger partial charge in [-0.2, -0.15) is 0 Å². The van der Waals surface area contributed by atoms with E-state index in [-0.39, 0.29) is 24.6 Å². The molecule has 1 saturated heterocycles. The van der Waals surface area contributed by atoms with Crippen LogP contribution in [0.3, 0.4) is 0 Å². The first-order chi connectivity index (χ1) is 16.3. The van der Waals surface area contributed by atoms with E-state index in [0.717, 1.165) is 11.1 Å². The van der Waals surface area contributed by atoms with Crippen LogP contribution in [0.25, 0.3) is 11.1 Å². The number of hydrogen-bond donors (Lipinski definition) is 3. The highest BCUT2D eigenvalue weighted by Gasteiger charge is 2.47. The van der Waals surface area contributed by atoms with E-state index < -0.39 is 29.6 Å². The number of ketones is 1. The summed E-state index contributed by atoms with van der Waals surface area (Å²) in [6.45, 7) is 3.27. The largest absolute Gasteiger partial charge is 0.508 e. The maximum Gasteiger partial charge on any atom is 0.326 e. The first-order valence-electron chi connectivity index (χ1n) is 11.1. The van der Waals surface area contributed by atoms with Crippen molar-refractivity contribution in [3.63, 3.8) is 0 Å². The van der Waals surface area contributed by atoms with Crippen LogP contribution < -0.4 is 10.6 Å². The summed E-state index contributed by atoms with van der Waals surface area (Å²) in [6, 6.07) is 16.4. The molecule has 2 aromatic carbocycles. The molecular formula is C26H27N3O5. The Bertz CT molecular complexity index is 1210. The number of aromatic nitrogens is 1. The number of nitrogens with one attached hydrogen (secondary N) is 2. The number of carbonyl (C=O) groups is 3. The van der Waals surface area contributed by atoms with Gasteiger partial charge in [0, 0.05) is 18.8 Å². The van der Waals surface area contributed by atoms with E-state index in [2.05, 4.69) is 10.6 Å². The second-order valence-electron chi connectivity index (χ2n) is 8.62. The standard InChI is InChI=1S/C26H27N3O5/c1-17-26(2,23(31)16-34-17)28-24(32)22(14-18-7-6-10-21(30)13-18)27-25(33)29-12-11-20(15-29)19-8-4-3-5-9-19/h3-13,15,17,22,30H,14,16H2,1-2H3,(H,27,33)(H,28,32). The summed E-state index contributed by atoms with van der Waals surface area (Å²) in [7, 11) is 0. The molecule has 0 saturated carbocycles. The van der Waals surface area contributed by atoms with Crippen molar-refractivity contribution >= 4 is 17.7 Å². The average molecular weight is 462 g/mol. The molecule has 8 heteroatoms. The van der Waals surface area contributed by atoms with Crippen molar-refractivity contribution in [1.82, 2.24) is 15.2 Å². The summed E-state index contributed by atoms with van der Waals surface area (Å²) < 4.78 is 6.78. The molecule has 3 N–H and O–H groups in total. The SMILES string of the molecule is CC1OCC(=O)C1(C)NC(=O)C(Cc1cccc(O)c1)NC(=O)n1ccc(-c2ccccc2)c1. The molecule has 176 valence electrons. The zero-order chi connectivity index (χ0) is 24.3. The molecule has 34 heavy (non-hydrogen) atoms. The quantitative estimate of drug-likeness (QED) is 0.523. The van der Waals surface area contributed by atoms with Crippen molar-refractivity contribution in [3.8, 4) is 16.9 Å². The highest BCUT2D eigenvalue weighted by atomic mass is 16.5. The second kappa shape index (κ2) is 9.52. The normalized spacial score (nSPS) is 20.6. The van der Waals surface area contributed by atoms with E-state index in [1.807, 2.05) is 36.4 Å². The highest BCUT2D eigenvalue weighted by molar-refractivity contribution is 5.97. The first kappa shape index (κ1) is 23.3. The summed E-state index contributed by atoms with van der Waals surface area (Å²) in [5, 5.41) is 15.4. The Kier molecular flexibility index (Phi) is 6.51. The molecule has 0 bridgehead atoms. The summed E-state index contributed by atoms with van der Waals surface area (Å²) >= 11 is 0. The first-order valence-corrected chi connectivity index (χ1v) is 11.1. The Morgan fingerprint density at radius 1 is 1.15 bits per heavy atom. The molecule has 0 aliphatic carbocycles. The fraction of sp³-hybridized carbons (Fsp3) is 0.269. The van der Waals surface area contributed by atoms with Crippen LogP contribution in [0.5, 0.6) is 5.75 Å². The zero-order valence-electron chi connectivity index (χ0n) is 19.0. The minimum atomic E-state index is -1.19. The molecule has 2 heterocycles. The van der Waals surface area contributed by atoms with Gasteiger partial charge in [-0.05, 0) is 48.7 Å². The molecule has 3 unspecified atom stereocenters.